The number of H-pyrrole nitrogens is 2. The van der Waals surface area contributed by atoms with Crippen molar-refractivity contribution in [3.63, 3.8) is 0 Å². The van der Waals surface area contributed by atoms with Gasteiger partial charge in [0, 0.05) is 58.1 Å². The molecule has 4 aromatic rings. The van der Waals surface area contributed by atoms with E-state index < -0.39 is 24.1 Å². The predicted octanol–water partition coefficient (Wildman–Crippen LogP) is 4.48. The van der Waals surface area contributed by atoms with Gasteiger partial charge in [0.2, 0.25) is 12.8 Å². The topological polar surface area (TPSA) is 149 Å². The molecule has 4 aliphatic rings. The number of carbonyl (C=O) groups is 4. The minimum atomic E-state index is -1.01. The molecule has 2 saturated heterocycles. The summed E-state index contributed by atoms with van der Waals surface area (Å²) in [7, 11) is 0. The lowest BCUT2D eigenvalue weighted by Crippen LogP contribution is -2.40. The average Bonchev–Trinajstić information content (AvgIpc) is 3.91. The smallest absolute Gasteiger partial charge is 0.418 e. The van der Waals surface area contributed by atoms with Gasteiger partial charge in [-0.2, -0.15) is 0 Å². The maximum absolute atomic E-state index is 13.6. The van der Waals surface area contributed by atoms with E-state index in [4.69, 9.17) is 9.47 Å². The molecule has 12 heteroatoms. The quantitative estimate of drug-likeness (QED) is 0.124. The number of anilines is 2. The summed E-state index contributed by atoms with van der Waals surface area (Å²) >= 11 is 0. The normalized spacial score (nSPS) is 24.2. The molecule has 250 valence electrons. The van der Waals surface area contributed by atoms with E-state index in [-0.39, 0.29) is 12.1 Å². The van der Waals surface area contributed by atoms with Gasteiger partial charge in [-0.15, -0.1) is 0 Å². The Hall–Kier alpha value is -4.68. The van der Waals surface area contributed by atoms with Gasteiger partial charge in [-0.25, -0.2) is 9.59 Å². The Labute approximate surface area is 277 Å². The molecule has 12 nitrogen and oxygen atoms in total. The molecule has 2 aliphatic heterocycles. The van der Waals surface area contributed by atoms with Gasteiger partial charge in [0.1, 0.15) is 12.2 Å². The van der Waals surface area contributed by atoms with Crippen LogP contribution in [0.2, 0.25) is 0 Å². The highest BCUT2D eigenvalue weighted by Gasteiger charge is 2.40. The monoisotopic (exact) mass is 652 g/mol. The Morgan fingerprint density at radius 3 is 1.48 bits per heavy atom. The highest BCUT2D eigenvalue weighted by Crippen LogP contribution is 2.42. The van der Waals surface area contributed by atoms with Crippen molar-refractivity contribution in [2.24, 2.45) is 0 Å². The summed E-state index contributed by atoms with van der Waals surface area (Å²) in [6.45, 7) is 3.95. The number of nitrogens with zero attached hydrogens (tertiary/aromatic N) is 2. The van der Waals surface area contributed by atoms with E-state index >= 15 is 0 Å². The van der Waals surface area contributed by atoms with Crippen LogP contribution in [0.1, 0.15) is 73.2 Å². The van der Waals surface area contributed by atoms with Crippen molar-refractivity contribution >= 4 is 57.9 Å². The number of esters is 2. The van der Waals surface area contributed by atoms with Crippen molar-refractivity contribution in [1.29, 1.82) is 0 Å². The van der Waals surface area contributed by atoms with Crippen molar-refractivity contribution in [3.8, 4) is 0 Å². The van der Waals surface area contributed by atoms with Crippen LogP contribution < -0.4 is 10.6 Å². The Morgan fingerprint density at radius 1 is 0.667 bits per heavy atom. The third-order valence-electron chi connectivity index (χ3n) is 10.8. The lowest BCUT2D eigenvalue weighted by Gasteiger charge is -2.35. The van der Waals surface area contributed by atoms with Crippen LogP contribution >= 0.6 is 0 Å². The SMILES string of the molecule is O=CNc1ccc2[nH]c3c(c2c1)CC(N1CCCC1)CC3OC(=O)C(=O)OC1CC(N2CCCC2)Cc2c1[nH]c1ccc(NC=O)cc21. The molecule has 0 spiro atoms. The highest BCUT2D eigenvalue weighted by atomic mass is 16.6. The van der Waals surface area contributed by atoms with E-state index in [2.05, 4.69) is 30.4 Å². The van der Waals surface area contributed by atoms with Crippen LogP contribution in [0.4, 0.5) is 11.4 Å². The molecule has 48 heavy (non-hydrogen) atoms. The molecule has 0 saturated carbocycles. The number of benzene rings is 2. The summed E-state index contributed by atoms with van der Waals surface area (Å²) in [5, 5.41) is 7.40. The maximum atomic E-state index is 13.6. The molecule has 0 bridgehead atoms. The number of nitrogens with one attached hydrogen (secondary N) is 4. The number of likely N-dealkylation sites (tertiary alicyclic amines) is 2. The predicted molar refractivity (Wildman–Crippen MR) is 179 cm³/mol. The van der Waals surface area contributed by atoms with Crippen molar-refractivity contribution in [2.75, 3.05) is 36.8 Å². The number of ether oxygens (including phenoxy) is 2. The van der Waals surface area contributed by atoms with Crippen LogP contribution in [-0.4, -0.2) is 82.8 Å². The van der Waals surface area contributed by atoms with E-state index in [9.17, 15) is 19.2 Å². The maximum Gasteiger partial charge on any atom is 0.418 e. The summed E-state index contributed by atoms with van der Waals surface area (Å²) in [5.74, 6) is -2.01. The van der Waals surface area contributed by atoms with Crippen LogP contribution in [0.15, 0.2) is 36.4 Å². The number of hydrogen-bond acceptors (Lipinski definition) is 8. The first-order chi connectivity index (χ1) is 23.5. The number of rotatable bonds is 8. The second kappa shape index (κ2) is 12.7. The number of aromatic amines is 2. The Bertz CT molecular complexity index is 1750. The zero-order chi connectivity index (χ0) is 32.8. The fraction of sp³-hybridized carbons (Fsp3) is 0.444. The molecule has 4 unspecified atom stereocenters. The summed E-state index contributed by atoms with van der Waals surface area (Å²) in [4.78, 5) is 61.2. The van der Waals surface area contributed by atoms with Gasteiger partial charge in [-0.05, 0) is 112 Å². The van der Waals surface area contributed by atoms with Gasteiger partial charge in [0.15, 0.2) is 0 Å². The second-order valence-corrected chi connectivity index (χ2v) is 13.5. The number of hydrogen-bond donors (Lipinski definition) is 4. The molecule has 0 radical (unpaired) electrons. The van der Waals surface area contributed by atoms with E-state index in [0.717, 1.165) is 109 Å². The van der Waals surface area contributed by atoms with Crippen LogP contribution in [0.5, 0.6) is 0 Å². The second-order valence-electron chi connectivity index (χ2n) is 13.5. The lowest BCUT2D eigenvalue weighted by atomic mass is 9.88. The van der Waals surface area contributed by atoms with Crippen LogP contribution in [0.25, 0.3) is 21.8 Å². The standard InChI is InChI=1S/C36H40N6O6/c43-19-37-21-5-7-29-25(13-21)27-15-23(41-9-1-2-10-41)17-31(33(27)39-29)47-35(45)36(46)48-32-18-24(42-11-3-4-12-42)16-28-26-14-22(38-20-44)6-8-30(26)40-34(28)32/h5-8,13-14,19-20,23-24,31-32,39-40H,1-4,9-12,15-18H2,(H,37,43)(H,38,44). The Morgan fingerprint density at radius 2 is 1.08 bits per heavy atom. The summed E-state index contributed by atoms with van der Waals surface area (Å²) in [6, 6.07) is 11.7. The first kappa shape index (κ1) is 30.6. The van der Waals surface area contributed by atoms with Crippen LogP contribution in [-0.2, 0) is 41.5 Å². The van der Waals surface area contributed by atoms with Gasteiger partial charge in [-0.1, -0.05) is 0 Å². The first-order valence-electron chi connectivity index (χ1n) is 17.1. The highest BCUT2D eigenvalue weighted by molar-refractivity contribution is 6.29. The largest absolute Gasteiger partial charge is 0.447 e. The molecule has 4 heterocycles. The lowest BCUT2D eigenvalue weighted by molar-refractivity contribution is -0.176. The van der Waals surface area contributed by atoms with Gasteiger partial charge >= 0.3 is 11.9 Å². The van der Waals surface area contributed by atoms with E-state index in [0.29, 0.717) is 37.0 Å². The zero-order valence-corrected chi connectivity index (χ0v) is 26.8. The van der Waals surface area contributed by atoms with Crippen molar-refractivity contribution in [3.05, 3.63) is 58.9 Å². The van der Waals surface area contributed by atoms with Gasteiger partial charge < -0.3 is 30.1 Å². The van der Waals surface area contributed by atoms with E-state index in [1.807, 2.05) is 36.4 Å². The average molecular weight is 653 g/mol. The fourth-order valence-corrected chi connectivity index (χ4v) is 8.55. The Kier molecular flexibility index (Phi) is 8.13. The van der Waals surface area contributed by atoms with E-state index in [1.165, 1.54) is 0 Å². The number of fused-ring (bicyclic) bond motifs is 6. The fourth-order valence-electron chi connectivity index (χ4n) is 8.55. The van der Waals surface area contributed by atoms with Crippen molar-refractivity contribution in [1.82, 2.24) is 19.8 Å². The number of carbonyl (C=O) groups excluding carboxylic acids is 4. The molecule has 4 N–H and O–H groups in total. The van der Waals surface area contributed by atoms with Gasteiger partial charge in [0.25, 0.3) is 0 Å². The number of aromatic nitrogens is 2. The molecular weight excluding hydrogens is 612 g/mol. The minimum absolute atomic E-state index is 0.155. The molecule has 8 rings (SSSR count). The minimum Gasteiger partial charge on any atom is -0.447 e. The van der Waals surface area contributed by atoms with Crippen molar-refractivity contribution < 1.29 is 28.7 Å². The Balaban J connectivity index is 1.06. The number of amides is 2. The third-order valence-corrected chi connectivity index (χ3v) is 10.8. The van der Waals surface area contributed by atoms with E-state index in [1.54, 1.807) is 0 Å². The summed E-state index contributed by atoms with van der Waals surface area (Å²) < 4.78 is 12.1. The van der Waals surface area contributed by atoms with Crippen LogP contribution in [0.3, 0.4) is 0 Å². The molecule has 2 fully saturated rings. The molecule has 2 amide bonds. The third kappa shape index (κ3) is 5.62. The molecule has 2 aliphatic carbocycles. The van der Waals surface area contributed by atoms with Crippen molar-refractivity contribution in [2.45, 2.75) is 75.7 Å². The molecule has 2 aromatic carbocycles. The summed E-state index contributed by atoms with van der Waals surface area (Å²) in [6.07, 6.45) is 7.25. The van der Waals surface area contributed by atoms with Gasteiger partial charge in [-0.3, -0.25) is 19.4 Å². The summed E-state index contributed by atoms with van der Waals surface area (Å²) in [5.41, 5.74) is 6.80. The molecular formula is C36H40N6O6. The molecule has 4 atom stereocenters. The zero-order valence-electron chi connectivity index (χ0n) is 26.8. The van der Waals surface area contributed by atoms with Crippen LogP contribution in [0, 0.1) is 0 Å². The molecule has 2 aromatic heterocycles. The first-order valence-corrected chi connectivity index (χ1v) is 17.1. The van der Waals surface area contributed by atoms with Gasteiger partial charge in [0.05, 0.1) is 11.4 Å².